The molecule has 18 heavy (non-hydrogen) atoms. The molecule has 0 heterocycles. The molecule has 0 atom stereocenters. The summed E-state index contributed by atoms with van der Waals surface area (Å²) in [6, 6.07) is 4.95. The van der Waals surface area contributed by atoms with Crippen LogP contribution in [0.5, 0.6) is 0 Å². The van der Waals surface area contributed by atoms with E-state index in [4.69, 9.17) is 0 Å². The third-order valence-corrected chi connectivity index (χ3v) is 8.60. The summed E-state index contributed by atoms with van der Waals surface area (Å²) < 4.78 is 0. The van der Waals surface area contributed by atoms with Crippen LogP contribution in [0, 0.1) is 0 Å². The van der Waals surface area contributed by atoms with Gasteiger partial charge in [0.1, 0.15) is 0 Å². The van der Waals surface area contributed by atoms with Gasteiger partial charge in [-0.05, 0) is 11.1 Å². The molecule has 0 aromatic heterocycles. The summed E-state index contributed by atoms with van der Waals surface area (Å²) in [4.78, 5) is 0. The molecule has 0 aliphatic heterocycles. The fraction of sp³-hybridized carbons (Fsp3) is 0.571. The normalized spacial score (nSPS) is 12.9. The minimum atomic E-state index is -1.26. The molecule has 4 heteroatoms. The van der Waals surface area contributed by atoms with E-state index in [0.717, 1.165) is 10.7 Å². The molecule has 0 amide bonds. The average molecular weight is 408 g/mol. The Morgan fingerprint density at radius 2 is 1.00 bits per heavy atom. The van der Waals surface area contributed by atoms with E-state index in [-0.39, 0.29) is 0 Å². The first-order valence-corrected chi connectivity index (χ1v) is 15.6. The van der Waals surface area contributed by atoms with Crippen molar-refractivity contribution in [2.45, 2.75) is 49.9 Å². The summed E-state index contributed by atoms with van der Waals surface area (Å²) in [5.74, 6) is 0. The van der Waals surface area contributed by atoms with E-state index in [9.17, 15) is 0 Å². The van der Waals surface area contributed by atoms with E-state index < -0.39 is 16.1 Å². The quantitative estimate of drug-likeness (QED) is 0.506. The van der Waals surface area contributed by atoms with Crippen LogP contribution in [0.15, 0.2) is 12.1 Å². The molecule has 0 saturated carbocycles. The lowest BCUT2D eigenvalue weighted by atomic mass is 10.2. The Kier molecular flexibility index (Phi) is 5.50. The molecule has 0 bridgehead atoms. The molecule has 0 aliphatic rings. The van der Waals surface area contributed by atoms with Gasteiger partial charge in [-0.15, -0.1) is 0 Å². The number of hydrogen-bond donors (Lipinski definition) is 0. The number of hydrogen-bond acceptors (Lipinski definition) is 0. The summed E-state index contributed by atoms with van der Waals surface area (Å²) in [7, 11) is -2.53. The highest BCUT2D eigenvalue weighted by Crippen LogP contribution is 2.16. The summed E-state index contributed by atoms with van der Waals surface area (Å²) in [6.45, 7) is 14.6. The van der Waals surface area contributed by atoms with Gasteiger partial charge >= 0.3 is 0 Å². The van der Waals surface area contributed by atoms with Crippen molar-refractivity contribution in [1.29, 1.82) is 0 Å². The van der Waals surface area contributed by atoms with Crippen LogP contribution in [0.3, 0.4) is 0 Å². The van der Waals surface area contributed by atoms with E-state index in [1.165, 1.54) is 11.1 Å². The smallest absolute Gasteiger partial charge is 0.0780 e. The SMILES string of the molecule is C[Si](C)(C)c1cc(CBr)c([Si](C)(C)C)cc1CBr. The third kappa shape index (κ3) is 3.81. The van der Waals surface area contributed by atoms with E-state index >= 15 is 0 Å². The fourth-order valence-electron chi connectivity index (χ4n) is 2.31. The highest BCUT2D eigenvalue weighted by molar-refractivity contribution is 9.08. The Bertz CT molecular complexity index is 387. The number of halogens is 2. The topological polar surface area (TPSA) is 0 Å². The number of rotatable bonds is 4. The van der Waals surface area contributed by atoms with Crippen molar-refractivity contribution in [3.05, 3.63) is 23.3 Å². The van der Waals surface area contributed by atoms with Gasteiger partial charge in [-0.1, -0.05) is 93.6 Å². The summed E-state index contributed by atoms with van der Waals surface area (Å²) >= 11 is 7.35. The Morgan fingerprint density at radius 3 is 1.17 bits per heavy atom. The molecule has 102 valence electrons. The molecule has 0 unspecified atom stereocenters. The average Bonchev–Trinajstić information content (AvgIpc) is 2.24. The van der Waals surface area contributed by atoms with Gasteiger partial charge in [0.05, 0.1) is 16.1 Å². The largest absolute Gasteiger partial charge is 0.0876 e. The summed E-state index contributed by atoms with van der Waals surface area (Å²) in [5, 5.41) is 5.17. The first-order chi connectivity index (χ1) is 8.11. The van der Waals surface area contributed by atoms with Gasteiger partial charge in [0.2, 0.25) is 0 Å². The zero-order chi connectivity index (χ0) is 14.1. The zero-order valence-corrected chi connectivity index (χ0v) is 17.5. The van der Waals surface area contributed by atoms with Crippen molar-refractivity contribution < 1.29 is 0 Å². The van der Waals surface area contributed by atoms with Crippen molar-refractivity contribution in [2.24, 2.45) is 0 Å². The lowest BCUT2D eigenvalue weighted by molar-refractivity contribution is 1.39. The Balaban J connectivity index is 3.52. The molecule has 1 aromatic rings. The zero-order valence-electron chi connectivity index (χ0n) is 12.3. The minimum Gasteiger partial charge on any atom is -0.0876 e. The van der Waals surface area contributed by atoms with Gasteiger partial charge in [-0.25, -0.2) is 0 Å². The molecule has 0 aliphatic carbocycles. The van der Waals surface area contributed by atoms with Crippen LogP contribution in [0.25, 0.3) is 0 Å². The van der Waals surface area contributed by atoms with Crippen LogP contribution in [-0.4, -0.2) is 16.1 Å². The molecule has 0 saturated heterocycles. The van der Waals surface area contributed by atoms with Gasteiger partial charge in [-0.3, -0.25) is 0 Å². The molecule has 0 radical (unpaired) electrons. The van der Waals surface area contributed by atoms with Crippen molar-refractivity contribution in [2.75, 3.05) is 0 Å². The van der Waals surface area contributed by atoms with E-state index in [0.29, 0.717) is 0 Å². The number of alkyl halides is 2. The second-order valence-electron chi connectivity index (χ2n) is 6.93. The van der Waals surface area contributed by atoms with Crippen LogP contribution >= 0.6 is 31.9 Å². The van der Waals surface area contributed by atoms with E-state index in [1.54, 1.807) is 10.4 Å². The van der Waals surface area contributed by atoms with Crippen molar-refractivity contribution in [1.82, 2.24) is 0 Å². The maximum absolute atomic E-state index is 3.67. The van der Waals surface area contributed by atoms with Crippen LogP contribution in [-0.2, 0) is 10.7 Å². The minimum absolute atomic E-state index is 0.979. The predicted molar refractivity (Wildman–Crippen MR) is 97.7 cm³/mol. The van der Waals surface area contributed by atoms with Gasteiger partial charge in [0.15, 0.2) is 0 Å². The summed E-state index contributed by atoms with van der Waals surface area (Å²) in [6.07, 6.45) is 0. The molecular weight excluding hydrogens is 384 g/mol. The Hall–Kier alpha value is 0.614. The monoisotopic (exact) mass is 406 g/mol. The maximum Gasteiger partial charge on any atom is 0.0780 e. The van der Waals surface area contributed by atoms with Crippen LogP contribution in [0.2, 0.25) is 39.3 Å². The molecule has 0 fully saturated rings. The van der Waals surface area contributed by atoms with Gasteiger partial charge in [-0.2, -0.15) is 0 Å². The summed E-state index contributed by atoms with van der Waals surface area (Å²) in [5.41, 5.74) is 3.02. The van der Waals surface area contributed by atoms with Crippen LogP contribution < -0.4 is 10.4 Å². The van der Waals surface area contributed by atoms with Gasteiger partial charge in [0.25, 0.3) is 0 Å². The number of benzene rings is 1. The first kappa shape index (κ1) is 16.7. The Morgan fingerprint density at radius 1 is 0.722 bits per heavy atom. The highest BCUT2D eigenvalue weighted by Gasteiger charge is 2.25. The van der Waals surface area contributed by atoms with Gasteiger partial charge in [0, 0.05) is 10.7 Å². The predicted octanol–water partition coefficient (Wildman–Crippen LogP) is 4.57. The molecule has 1 aromatic carbocycles. The molecule has 0 spiro atoms. The second kappa shape index (κ2) is 5.94. The molecular formula is C14H24Br2Si2. The highest BCUT2D eigenvalue weighted by atomic mass is 79.9. The molecule has 0 N–H and O–H groups in total. The lowest BCUT2D eigenvalue weighted by Crippen LogP contribution is -2.46. The fourth-order valence-corrected chi connectivity index (χ4v) is 7.21. The van der Waals surface area contributed by atoms with Crippen molar-refractivity contribution in [3.63, 3.8) is 0 Å². The van der Waals surface area contributed by atoms with Crippen LogP contribution in [0.4, 0.5) is 0 Å². The standard InChI is InChI=1S/C14H24Br2Si2/c1-17(2,3)13-7-12(10-16)14(18(4,5)6)8-11(13)9-15/h7-8H,9-10H2,1-6H3. The molecule has 0 nitrogen and oxygen atoms in total. The van der Waals surface area contributed by atoms with E-state index in [1.807, 2.05) is 0 Å². The third-order valence-electron chi connectivity index (χ3n) is 3.23. The van der Waals surface area contributed by atoms with Crippen molar-refractivity contribution >= 4 is 58.4 Å². The lowest BCUT2D eigenvalue weighted by Gasteiger charge is -2.27. The first-order valence-electron chi connectivity index (χ1n) is 6.40. The maximum atomic E-state index is 3.67. The Labute approximate surface area is 131 Å². The van der Waals surface area contributed by atoms with Crippen molar-refractivity contribution in [3.8, 4) is 0 Å². The second-order valence-corrected chi connectivity index (χ2v) is 18.1. The van der Waals surface area contributed by atoms with E-state index in [2.05, 4.69) is 83.3 Å². The molecule has 1 rings (SSSR count). The van der Waals surface area contributed by atoms with Gasteiger partial charge < -0.3 is 0 Å². The van der Waals surface area contributed by atoms with Crippen LogP contribution in [0.1, 0.15) is 11.1 Å².